The standard InChI is InChI=1S/C19H15F3N2O3.C9H17NO3.C2H6/c1-11-4-3-5-12(8-11)9-15-17(19(20,21)22)14-10-13(24(26)27)6-7-16(14)23(2)18(15)25;1-7(12-5)6-10-8(11)13-9(2,3)4;1-2/h3-8,10H,9H2,1-2H3;1,6H2,2-5H3,(H,10,11);1-2H3. The van der Waals surface area contributed by atoms with Crippen LogP contribution in [-0.2, 0) is 29.1 Å². The van der Waals surface area contributed by atoms with Crippen LogP contribution in [0.4, 0.5) is 23.7 Å². The molecule has 1 amide bonds. The molecule has 12 heteroatoms. The fourth-order valence-corrected chi connectivity index (χ4v) is 3.78. The maximum atomic E-state index is 13.9. The van der Waals surface area contributed by atoms with Crippen LogP contribution in [0.2, 0.25) is 0 Å². The molecule has 42 heavy (non-hydrogen) atoms. The Hall–Kier alpha value is -4.35. The van der Waals surface area contributed by atoms with E-state index < -0.39 is 45.2 Å². The van der Waals surface area contributed by atoms with Crippen molar-refractivity contribution in [2.45, 2.75) is 59.7 Å². The second-order valence-corrected chi connectivity index (χ2v) is 9.94. The minimum Gasteiger partial charge on any atom is -0.500 e. The second-order valence-electron chi connectivity index (χ2n) is 9.94. The molecule has 3 aromatic rings. The molecule has 9 nitrogen and oxygen atoms in total. The summed E-state index contributed by atoms with van der Waals surface area (Å²) in [6, 6.07) is 9.98. The van der Waals surface area contributed by atoms with Crippen LogP contribution in [0.25, 0.3) is 10.9 Å². The van der Waals surface area contributed by atoms with Crippen LogP contribution in [0.3, 0.4) is 0 Å². The number of nitro benzene ring substituents is 1. The molecule has 0 atom stereocenters. The van der Waals surface area contributed by atoms with Gasteiger partial charge in [-0.3, -0.25) is 14.9 Å². The number of fused-ring (bicyclic) bond motifs is 1. The van der Waals surface area contributed by atoms with Gasteiger partial charge in [0, 0.05) is 36.6 Å². The molecule has 230 valence electrons. The van der Waals surface area contributed by atoms with Crippen LogP contribution >= 0.6 is 0 Å². The number of carbonyl (C=O) groups is 1. The number of non-ortho nitro benzene ring substituents is 1. The Kier molecular flexibility index (Phi) is 12.8. The first-order valence-corrected chi connectivity index (χ1v) is 13.1. The summed E-state index contributed by atoms with van der Waals surface area (Å²) in [5.74, 6) is 0.492. The number of pyridine rings is 1. The first kappa shape index (κ1) is 35.7. The molecule has 1 aromatic heterocycles. The van der Waals surface area contributed by atoms with Gasteiger partial charge in [-0.05, 0) is 39.3 Å². The number of alkyl halides is 3. The van der Waals surface area contributed by atoms with Gasteiger partial charge in [0.25, 0.3) is 11.2 Å². The summed E-state index contributed by atoms with van der Waals surface area (Å²) in [7, 11) is 2.86. The predicted octanol–water partition coefficient (Wildman–Crippen LogP) is 7.06. The Balaban J connectivity index is 0.000000498. The van der Waals surface area contributed by atoms with Crippen LogP contribution in [0.5, 0.6) is 0 Å². The number of hydrogen-bond acceptors (Lipinski definition) is 6. The van der Waals surface area contributed by atoms with E-state index in [2.05, 4.69) is 11.9 Å². The van der Waals surface area contributed by atoms with Crippen LogP contribution < -0.4 is 10.9 Å². The molecule has 0 fully saturated rings. The Morgan fingerprint density at radius 1 is 1.12 bits per heavy atom. The van der Waals surface area contributed by atoms with Gasteiger partial charge in [-0.25, -0.2) is 4.79 Å². The number of amides is 1. The number of halogens is 3. The molecule has 0 bridgehead atoms. The lowest BCUT2D eigenvalue weighted by atomic mass is 9.96. The van der Waals surface area contributed by atoms with Gasteiger partial charge in [0.05, 0.1) is 29.7 Å². The van der Waals surface area contributed by atoms with E-state index in [0.717, 1.165) is 22.3 Å². The van der Waals surface area contributed by atoms with Crippen LogP contribution in [-0.4, -0.2) is 34.8 Å². The highest BCUT2D eigenvalue weighted by atomic mass is 19.4. The zero-order valence-corrected chi connectivity index (χ0v) is 25.1. The number of aromatic nitrogens is 1. The lowest BCUT2D eigenvalue weighted by Crippen LogP contribution is -2.33. The Bertz CT molecular complexity index is 1470. The molecule has 3 rings (SSSR count). The summed E-state index contributed by atoms with van der Waals surface area (Å²) in [5.41, 5.74) is -1.85. The van der Waals surface area contributed by atoms with Crippen LogP contribution in [0.15, 0.2) is 59.6 Å². The highest BCUT2D eigenvalue weighted by Gasteiger charge is 2.38. The van der Waals surface area contributed by atoms with Gasteiger partial charge in [-0.2, -0.15) is 13.2 Å². The molecule has 0 aliphatic heterocycles. The van der Waals surface area contributed by atoms with E-state index in [1.165, 1.54) is 20.2 Å². The van der Waals surface area contributed by atoms with Crippen molar-refractivity contribution in [3.8, 4) is 0 Å². The average Bonchev–Trinajstić information content (AvgIpc) is 2.89. The lowest BCUT2D eigenvalue weighted by molar-refractivity contribution is -0.384. The van der Waals surface area contributed by atoms with Crippen molar-refractivity contribution in [1.29, 1.82) is 0 Å². The van der Waals surface area contributed by atoms with Crippen molar-refractivity contribution in [3.05, 3.63) is 97.5 Å². The third-order valence-electron chi connectivity index (χ3n) is 5.55. The van der Waals surface area contributed by atoms with E-state index in [1.807, 2.05) is 13.8 Å². The fraction of sp³-hybridized carbons (Fsp3) is 0.400. The van der Waals surface area contributed by atoms with Gasteiger partial charge < -0.3 is 19.4 Å². The molecule has 0 aliphatic carbocycles. The minimum atomic E-state index is -4.83. The smallest absolute Gasteiger partial charge is 0.417 e. The number of carbonyl (C=O) groups excluding carboxylic acids is 1. The number of benzene rings is 2. The summed E-state index contributed by atoms with van der Waals surface area (Å²) >= 11 is 0. The quantitative estimate of drug-likeness (QED) is 0.186. The van der Waals surface area contributed by atoms with Crippen molar-refractivity contribution in [2.75, 3.05) is 13.7 Å². The number of rotatable bonds is 6. The topological polar surface area (TPSA) is 113 Å². The molecule has 0 aliphatic rings. The molecule has 0 saturated carbocycles. The highest BCUT2D eigenvalue weighted by molar-refractivity contribution is 5.86. The third-order valence-corrected chi connectivity index (χ3v) is 5.55. The van der Waals surface area contributed by atoms with Crippen molar-refractivity contribution >= 4 is 22.7 Å². The monoisotopic (exact) mass is 593 g/mol. The molecule has 1 heterocycles. The number of nitrogens with zero attached hydrogens (tertiary/aromatic N) is 2. The van der Waals surface area contributed by atoms with Gasteiger partial charge in [0.15, 0.2) is 0 Å². The zero-order valence-electron chi connectivity index (χ0n) is 25.1. The van der Waals surface area contributed by atoms with E-state index in [4.69, 9.17) is 9.47 Å². The third kappa shape index (κ3) is 10.2. The van der Waals surface area contributed by atoms with Gasteiger partial charge in [-0.15, -0.1) is 0 Å². The van der Waals surface area contributed by atoms with Crippen LogP contribution in [0.1, 0.15) is 56.9 Å². The summed E-state index contributed by atoms with van der Waals surface area (Å²) in [6.45, 7) is 15.0. The maximum Gasteiger partial charge on any atom is 0.417 e. The van der Waals surface area contributed by atoms with Gasteiger partial charge in [-0.1, -0.05) is 50.3 Å². The zero-order chi connectivity index (χ0) is 32.4. The average molecular weight is 594 g/mol. The second kappa shape index (κ2) is 15.0. The van der Waals surface area contributed by atoms with E-state index in [0.29, 0.717) is 11.3 Å². The first-order chi connectivity index (χ1) is 19.4. The fourth-order valence-electron chi connectivity index (χ4n) is 3.78. The highest BCUT2D eigenvalue weighted by Crippen LogP contribution is 2.38. The molecule has 2 aromatic carbocycles. The number of ether oxygens (including phenoxy) is 2. The normalized spacial score (nSPS) is 10.9. The van der Waals surface area contributed by atoms with Crippen molar-refractivity contribution in [3.63, 3.8) is 0 Å². The Morgan fingerprint density at radius 3 is 2.24 bits per heavy atom. The summed E-state index contributed by atoms with van der Waals surface area (Å²) in [5, 5.41) is 13.2. The van der Waals surface area contributed by atoms with Gasteiger partial charge in [0.2, 0.25) is 0 Å². The molecule has 1 N–H and O–H groups in total. The molecular formula is C30H38F3N3O6. The lowest BCUT2D eigenvalue weighted by Gasteiger charge is -2.19. The van der Waals surface area contributed by atoms with Crippen molar-refractivity contribution < 1.29 is 32.4 Å². The maximum absolute atomic E-state index is 13.9. The van der Waals surface area contributed by atoms with Gasteiger partial charge >= 0.3 is 12.3 Å². The number of methoxy groups -OCH3 is 1. The minimum absolute atomic E-state index is 0.00841. The number of nitro groups is 1. The SMILES string of the molecule is C=C(CNC(=O)OC(C)(C)C)OC.CC.Cc1cccc(Cc2c(C(F)(F)F)c3cc([N+](=O)[O-])ccc3n(C)c2=O)c1. The predicted molar refractivity (Wildman–Crippen MR) is 157 cm³/mol. The van der Waals surface area contributed by atoms with Crippen molar-refractivity contribution in [1.82, 2.24) is 9.88 Å². The number of nitrogens with one attached hydrogen (secondary N) is 1. The summed E-state index contributed by atoms with van der Waals surface area (Å²) in [6.07, 6.45) is -5.52. The first-order valence-electron chi connectivity index (χ1n) is 13.1. The van der Waals surface area contributed by atoms with Gasteiger partial charge in [0.1, 0.15) is 11.4 Å². The number of alkyl carbamates (subject to hydrolysis) is 1. The number of aryl methyl sites for hydroxylation is 2. The Labute approximate surface area is 243 Å². The van der Waals surface area contributed by atoms with Crippen molar-refractivity contribution in [2.24, 2.45) is 7.05 Å². The summed E-state index contributed by atoms with van der Waals surface area (Å²) in [4.78, 5) is 34.0. The summed E-state index contributed by atoms with van der Waals surface area (Å²) < 4.78 is 52.5. The van der Waals surface area contributed by atoms with E-state index >= 15 is 0 Å². The molecule has 0 radical (unpaired) electrons. The molecule has 0 saturated heterocycles. The van der Waals surface area contributed by atoms with E-state index in [9.17, 15) is 32.9 Å². The van der Waals surface area contributed by atoms with E-state index in [1.54, 1.807) is 52.0 Å². The number of hydrogen-bond donors (Lipinski definition) is 1. The van der Waals surface area contributed by atoms with E-state index in [-0.39, 0.29) is 23.9 Å². The molecule has 0 spiro atoms. The molecule has 0 unspecified atom stereocenters. The molecular weight excluding hydrogens is 555 g/mol. The van der Waals surface area contributed by atoms with Crippen LogP contribution in [0, 0.1) is 17.0 Å². The Morgan fingerprint density at radius 2 is 1.74 bits per heavy atom. The largest absolute Gasteiger partial charge is 0.500 e.